The van der Waals surface area contributed by atoms with Crippen LogP contribution in [0, 0.1) is 10.1 Å². The third kappa shape index (κ3) is 3.99. The Morgan fingerprint density at radius 3 is 2.68 bits per heavy atom. The number of nitrogens with two attached hydrogens (primary N) is 1. The third-order valence-corrected chi connectivity index (χ3v) is 4.08. The lowest BCUT2D eigenvalue weighted by Gasteiger charge is -2.26. The summed E-state index contributed by atoms with van der Waals surface area (Å²) in [4.78, 5) is 10.6. The molecular formula is C13H18BrN3O2. The van der Waals surface area contributed by atoms with Gasteiger partial charge in [0.25, 0.3) is 5.69 Å². The molecule has 0 bridgehead atoms. The summed E-state index contributed by atoms with van der Waals surface area (Å²) in [6.07, 6.45) is 4.14. The van der Waals surface area contributed by atoms with Crippen LogP contribution in [0.15, 0.2) is 22.7 Å². The lowest BCUT2D eigenvalue weighted by atomic mass is 9.92. The van der Waals surface area contributed by atoms with Gasteiger partial charge in [0.1, 0.15) is 0 Å². The van der Waals surface area contributed by atoms with Gasteiger partial charge in [-0.05, 0) is 37.8 Å². The number of nitrogens with zero attached hydrogens (tertiary/aromatic N) is 1. The highest BCUT2D eigenvalue weighted by Crippen LogP contribution is 2.24. The molecule has 104 valence electrons. The Bertz CT molecular complexity index is 459. The molecule has 1 aromatic carbocycles. The molecule has 2 rings (SSSR count). The molecule has 0 aliphatic heterocycles. The summed E-state index contributed by atoms with van der Waals surface area (Å²) in [5.41, 5.74) is 6.75. The topological polar surface area (TPSA) is 81.2 Å². The summed E-state index contributed by atoms with van der Waals surface area (Å²) in [6.45, 7) is 0.523. The molecule has 1 saturated carbocycles. The molecule has 1 aliphatic rings. The molecule has 0 radical (unpaired) electrons. The number of hydrogen-bond acceptors (Lipinski definition) is 4. The minimum atomic E-state index is -0.333. The maximum Gasteiger partial charge on any atom is 0.273 e. The normalized spacial score (nSPS) is 23.3. The molecule has 0 saturated heterocycles. The van der Waals surface area contributed by atoms with Gasteiger partial charge in [-0.3, -0.25) is 10.1 Å². The highest BCUT2D eigenvalue weighted by Gasteiger charge is 2.19. The number of nitrogens with one attached hydrogen (secondary N) is 1. The van der Waals surface area contributed by atoms with Crippen molar-refractivity contribution in [2.75, 3.05) is 0 Å². The van der Waals surface area contributed by atoms with Crippen LogP contribution < -0.4 is 11.1 Å². The van der Waals surface area contributed by atoms with E-state index >= 15 is 0 Å². The average Bonchev–Trinajstić information content (AvgIpc) is 2.38. The molecule has 1 aromatic rings. The zero-order valence-electron chi connectivity index (χ0n) is 10.6. The van der Waals surface area contributed by atoms with E-state index in [0.717, 1.165) is 30.2 Å². The number of halogens is 1. The summed E-state index contributed by atoms with van der Waals surface area (Å²) >= 11 is 3.35. The van der Waals surface area contributed by atoms with Gasteiger partial charge in [0.15, 0.2) is 0 Å². The molecule has 1 aliphatic carbocycles. The standard InChI is InChI=1S/C13H18BrN3O2/c14-10-1-6-13(17(18)19)9(7-10)8-16-12-4-2-11(15)3-5-12/h1,6-7,11-12,16H,2-5,8,15H2. The van der Waals surface area contributed by atoms with Gasteiger partial charge in [0, 0.05) is 34.7 Å². The first-order valence-corrected chi connectivity index (χ1v) is 7.27. The second-order valence-corrected chi connectivity index (χ2v) is 5.94. The van der Waals surface area contributed by atoms with Crippen LogP contribution in [0.5, 0.6) is 0 Å². The van der Waals surface area contributed by atoms with Crippen molar-refractivity contribution in [1.29, 1.82) is 0 Å². The number of nitro groups is 1. The van der Waals surface area contributed by atoms with E-state index in [9.17, 15) is 10.1 Å². The first kappa shape index (κ1) is 14.4. The molecule has 1 fully saturated rings. The van der Waals surface area contributed by atoms with Crippen molar-refractivity contribution >= 4 is 21.6 Å². The molecule has 0 aromatic heterocycles. The minimum Gasteiger partial charge on any atom is -0.328 e. The van der Waals surface area contributed by atoms with Crippen LogP contribution in [0.25, 0.3) is 0 Å². The lowest BCUT2D eigenvalue weighted by molar-refractivity contribution is -0.385. The van der Waals surface area contributed by atoms with Crippen molar-refractivity contribution in [3.05, 3.63) is 38.3 Å². The molecule has 0 heterocycles. The Kier molecular flexibility index (Phi) is 4.90. The molecule has 6 heteroatoms. The zero-order chi connectivity index (χ0) is 13.8. The van der Waals surface area contributed by atoms with Crippen LogP contribution in [-0.4, -0.2) is 17.0 Å². The summed E-state index contributed by atoms with van der Waals surface area (Å²) in [5.74, 6) is 0. The Morgan fingerprint density at radius 2 is 2.05 bits per heavy atom. The highest BCUT2D eigenvalue weighted by molar-refractivity contribution is 9.10. The number of benzene rings is 1. The predicted octanol–water partition coefficient (Wildman–Crippen LogP) is 2.72. The fourth-order valence-corrected chi connectivity index (χ4v) is 2.86. The van der Waals surface area contributed by atoms with E-state index in [-0.39, 0.29) is 10.6 Å². The SMILES string of the molecule is NC1CCC(NCc2cc(Br)ccc2[N+](=O)[O-])CC1. The van der Waals surface area contributed by atoms with Crippen LogP contribution in [0.2, 0.25) is 0 Å². The second kappa shape index (κ2) is 6.45. The Balaban J connectivity index is 1.98. The van der Waals surface area contributed by atoms with Gasteiger partial charge in [0.05, 0.1) is 4.92 Å². The van der Waals surface area contributed by atoms with Crippen molar-refractivity contribution in [3.63, 3.8) is 0 Å². The van der Waals surface area contributed by atoms with Crippen LogP contribution in [0.4, 0.5) is 5.69 Å². The first-order valence-electron chi connectivity index (χ1n) is 6.48. The highest BCUT2D eigenvalue weighted by atomic mass is 79.9. The van der Waals surface area contributed by atoms with Crippen LogP contribution in [-0.2, 0) is 6.54 Å². The fraction of sp³-hybridized carbons (Fsp3) is 0.538. The second-order valence-electron chi connectivity index (χ2n) is 5.02. The molecular weight excluding hydrogens is 310 g/mol. The van der Waals surface area contributed by atoms with Crippen LogP contribution in [0.1, 0.15) is 31.2 Å². The zero-order valence-corrected chi connectivity index (χ0v) is 12.2. The summed E-state index contributed by atoms with van der Waals surface area (Å²) in [5, 5.41) is 14.4. The molecule has 3 N–H and O–H groups in total. The molecule has 0 amide bonds. The fourth-order valence-electron chi connectivity index (χ4n) is 2.45. The number of rotatable bonds is 4. The van der Waals surface area contributed by atoms with Crippen LogP contribution >= 0.6 is 15.9 Å². The number of hydrogen-bond donors (Lipinski definition) is 2. The Labute approximate surface area is 120 Å². The lowest BCUT2D eigenvalue weighted by Crippen LogP contribution is -2.37. The maximum atomic E-state index is 11.0. The van der Waals surface area contributed by atoms with Gasteiger partial charge in [-0.15, -0.1) is 0 Å². The third-order valence-electron chi connectivity index (χ3n) is 3.59. The predicted molar refractivity (Wildman–Crippen MR) is 77.9 cm³/mol. The van der Waals surface area contributed by atoms with E-state index in [0.29, 0.717) is 24.2 Å². The molecule has 19 heavy (non-hydrogen) atoms. The first-order chi connectivity index (χ1) is 9.06. The van der Waals surface area contributed by atoms with E-state index in [1.165, 1.54) is 6.07 Å². The van der Waals surface area contributed by atoms with E-state index in [1.54, 1.807) is 12.1 Å². The van der Waals surface area contributed by atoms with Gasteiger partial charge in [-0.2, -0.15) is 0 Å². The van der Waals surface area contributed by atoms with Gasteiger partial charge in [-0.25, -0.2) is 0 Å². The van der Waals surface area contributed by atoms with E-state index < -0.39 is 0 Å². The largest absolute Gasteiger partial charge is 0.328 e. The molecule has 5 nitrogen and oxygen atoms in total. The average molecular weight is 328 g/mol. The Hall–Kier alpha value is -0.980. The van der Waals surface area contributed by atoms with E-state index in [1.807, 2.05) is 0 Å². The Morgan fingerprint density at radius 1 is 1.37 bits per heavy atom. The van der Waals surface area contributed by atoms with Crippen molar-refractivity contribution in [2.45, 2.75) is 44.3 Å². The molecule has 0 unspecified atom stereocenters. The monoisotopic (exact) mass is 327 g/mol. The van der Waals surface area contributed by atoms with Gasteiger partial charge in [0.2, 0.25) is 0 Å². The van der Waals surface area contributed by atoms with Gasteiger partial charge < -0.3 is 11.1 Å². The van der Waals surface area contributed by atoms with Crippen molar-refractivity contribution in [1.82, 2.24) is 5.32 Å². The minimum absolute atomic E-state index is 0.170. The van der Waals surface area contributed by atoms with Crippen molar-refractivity contribution in [2.24, 2.45) is 5.73 Å². The van der Waals surface area contributed by atoms with E-state index in [2.05, 4.69) is 21.2 Å². The van der Waals surface area contributed by atoms with Crippen molar-refractivity contribution < 1.29 is 4.92 Å². The summed E-state index contributed by atoms with van der Waals surface area (Å²) in [6, 6.07) is 5.77. The molecule has 0 spiro atoms. The quantitative estimate of drug-likeness (QED) is 0.658. The number of nitro benzene ring substituents is 1. The van der Waals surface area contributed by atoms with Gasteiger partial charge in [-0.1, -0.05) is 15.9 Å². The smallest absolute Gasteiger partial charge is 0.273 e. The van der Waals surface area contributed by atoms with E-state index in [4.69, 9.17) is 5.73 Å². The maximum absolute atomic E-state index is 11.0. The van der Waals surface area contributed by atoms with Crippen LogP contribution in [0.3, 0.4) is 0 Å². The summed E-state index contributed by atoms with van der Waals surface area (Å²) < 4.78 is 0.862. The summed E-state index contributed by atoms with van der Waals surface area (Å²) in [7, 11) is 0. The molecule has 0 atom stereocenters. The van der Waals surface area contributed by atoms with Gasteiger partial charge >= 0.3 is 0 Å². The van der Waals surface area contributed by atoms with Crippen molar-refractivity contribution in [3.8, 4) is 0 Å².